The van der Waals surface area contributed by atoms with Gasteiger partial charge in [-0.1, -0.05) is 31.2 Å². The SMILES string of the molecule is C=C(C)[CH]CCC=CCC. The molecular formula is C10H17. The van der Waals surface area contributed by atoms with Crippen molar-refractivity contribution < 1.29 is 0 Å². The zero-order chi connectivity index (χ0) is 7.82. The first-order chi connectivity index (χ1) is 4.77. The third kappa shape index (κ3) is 7.48. The summed E-state index contributed by atoms with van der Waals surface area (Å²) in [4.78, 5) is 0. The number of rotatable bonds is 5. The van der Waals surface area contributed by atoms with E-state index in [0.717, 1.165) is 19.3 Å². The van der Waals surface area contributed by atoms with Crippen molar-refractivity contribution in [2.45, 2.75) is 33.1 Å². The molecule has 0 aliphatic rings. The molecule has 0 aromatic carbocycles. The highest BCUT2D eigenvalue weighted by atomic mass is 13.9. The summed E-state index contributed by atoms with van der Waals surface area (Å²) in [5.74, 6) is 0. The lowest BCUT2D eigenvalue weighted by Crippen LogP contribution is -1.75. The highest BCUT2D eigenvalue weighted by molar-refractivity contribution is 5.04. The lowest BCUT2D eigenvalue weighted by Gasteiger charge is -1.93. The van der Waals surface area contributed by atoms with Gasteiger partial charge >= 0.3 is 0 Å². The Hall–Kier alpha value is -0.520. The molecule has 0 saturated carbocycles. The Kier molecular flexibility index (Phi) is 6.25. The van der Waals surface area contributed by atoms with Crippen molar-refractivity contribution in [3.8, 4) is 0 Å². The molecule has 0 unspecified atom stereocenters. The Morgan fingerprint density at radius 3 is 2.50 bits per heavy atom. The van der Waals surface area contributed by atoms with Gasteiger partial charge in [-0.3, -0.25) is 0 Å². The van der Waals surface area contributed by atoms with Crippen LogP contribution in [0.2, 0.25) is 0 Å². The monoisotopic (exact) mass is 137 g/mol. The summed E-state index contributed by atoms with van der Waals surface area (Å²) in [6.45, 7) is 7.98. The largest absolute Gasteiger partial charge is 0.0998 e. The van der Waals surface area contributed by atoms with Gasteiger partial charge < -0.3 is 0 Å². The normalized spacial score (nSPS) is 10.6. The quantitative estimate of drug-likeness (QED) is 0.402. The van der Waals surface area contributed by atoms with Crippen molar-refractivity contribution in [2.24, 2.45) is 0 Å². The van der Waals surface area contributed by atoms with Gasteiger partial charge in [0.25, 0.3) is 0 Å². The van der Waals surface area contributed by atoms with E-state index in [1.54, 1.807) is 0 Å². The first-order valence-corrected chi connectivity index (χ1v) is 3.91. The van der Waals surface area contributed by atoms with Crippen LogP contribution in [0.15, 0.2) is 24.3 Å². The van der Waals surface area contributed by atoms with Crippen molar-refractivity contribution in [3.63, 3.8) is 0 Å². The number of allylic oxidation sites excluding steroid dienone is 3. The molecule has 0 aromatic rings. The third-order valence-corrected chi connectivity index (χ3v) is 1.23. The Bertz CT molecular complexity index is 109. The predicted molar refractivity (Wildman–Crippen MR) is 47.8 cm³/mol. The molecule has 0 aliphatic heterocycles. The molecule has 0 N–H and O–H groups in total. The summed E-state index contributed by atoms with van der Waals surface area (Å²) in [5, 5.41) is 0. The molecule has 0 fully saturated rings. The van der Waals surface area contributed by atoms with Crippen LogP contribution < -0.4 is 0 Å². The number of unbranched alkanes of at least 4 members (excludes halogenated alkanes) is 1. The van der Waals surface area contributed by atoms with Crippen molar-refractivity contribution in [2.75, 3.05) is 0 Å². The molecule has 0 bridgehead atoms. The van der Waals surface area contributed by atoms with E-state index in [2.05, 4.69) is 32.1 Å². The van der Waals surface area contributed by atoms with Gasteiger partial charge in [-0.2, -0.15) is 0 Å². The van der Waals surface area contributed by atoms with Crippen LogP contribution in [0.1, 0.15) is 33.1 Å². The van der Waals surface area contributed by atoms with Crippen molar-refractivity contribution in [3.05, 3.63) is 30.7 Å². The third-order valence-electron chi connectivity index (χ3n) is 1.23. The van der Waals surface area contributed by atoms with Crippen LogP contribution in [0.4, 0.5) is 0 Å². The molecule has 0 heterocycles. The van der Waals surface area contributed by atoms with Gasteiger partial charge in [0.1, 0.15) is 0 Å². The maximum absolute atomic E-state index is 3.79. The first-order valence-electron chi connectivity index (χ1n) is 3.91. The fraction of sp³-hybridized carbons (Fsp3) is 0.500. The molecule has 10 heavy (non-hydrogen) atoms. The lowest BCUT2D eigenvalue weighted by atomic mass is 10.1. The van der Waals surface area contributed by atoms with Crippen LogP contribution in [0, 0.1) is 6.42 Å². The van der Waals surface area contributed by atoms with E-state index in [-0.39, 0.29) is 0 Å². The molecule has 1 radical (unpaired) electrons. The van der Waals surface area contributed by atoms with E-state index < -0.39 is 0 Å². The van der Waals surface area contributed by atoms with Gasteiger partial charge in [-0.05, 0) is 32.6 Å². The minimum Gasteiger partial charge on any atom is -0.0998 e. The van der Waals surface area contributed by atoms with E-state index in [9.17, 15) is 0 Å². The van der Waals surface area contributed by atoms with Crippen molar-refractivity contribution >= 4 is 0 Å². The molecule has 0 aromatic heterocycles. The average molecular weight is 137 g/mol. The summed E-state index contributed by atoms with van der Waals surface area (Å²) in [7, 11) is 0. The second kappa shape index (κ2) is 6.60. The van der Waals surface area contributed by atoms with Crippen molar-refractivity contribution in [1.82, 2.24) is 0 Å². The Morgan fingerprint density at radius 1 is 1.30 bits per heavy atom. The minimum absolute atomic E-state index is 1.13. The standard InChI is InChI=1S/C10H17/c1-4-5-6-7-8-9-10(2)3/h5-6,9H,2,4,7-8H2,1,3H3. The van der Waals surface area contributed by atoms with Gasteiger partial charge in [0.2, 0.25) is 0 Å². The molecule has 0 atom stereocenters. The van der Waals surface area contributed by atoms with Crippen LogP contribution >= 0.6 is 0 Å². The van der Waals surface area contributed by atoms with E-state index in [4.69, 9.17) is 0 Å². The average Bonchev–Trinajstić information content (AvgIpc) is 1.87. The summed E-state index contributed by atoms with van der Waals surface area (Å²) in [5.41, 5.74) is 1.17. The van der Waals surface area contributed by atoms with Gasteiger partial charge in [-0.15, -0.1) is 0 Å². The fourth-order valence-electron chi connectivity index (χ4n) is 0.710. The maximum Gasteiger partial charge on any atom is -0.0140 e. The highest BCUT2D eigenvalue weighted by Crippen LogP contribution is 2.02. The first kappa shape index (κ1) is 9.48. The molecular weight excluding hydrogens is 120 g/mol. The Morgan fingerprint density at radius 2 is 2.00 bits per heavy atom. The van der Waals surface area contributed by atoms with E-state index in [1.807, 2.05) is 6.92 Å². The smallest absolute Gasteiger partial charge is 0.0140 e. The molecule has 0 spiro atoms. The van der Waals surface area contributed by atoms with Gasteiger partial charge in [0.15, 0.2) is 0 Å². The maximum atomic E-state index is 3.79. The van der Waals surface area contributed by atoms with Gasteiger partial charge in [-0.25, -0.2) is 0 Å². The molecule has 0 amide bonds. The second-order valence-electron chi connectivity index (χ2n) is 2.51. The molecule has 0 rings (SSSR count). The van der Waals surface area contributed by atoms with Crippen LogP contribution in [-0.2, 0) is 0 Å². The molecule has 0 heteroatoms. The molecule has 0 nitrogen and oxygen atoms in total. The minimum atomic E-state index is 1.13. The lowest BCUT2D eigenvalue weighted by molar-refractivity contribution is 0.974. The molecule has 0 saturated heterocycles. The summed E-state index contributed by atoms with van der Waals surface area (Å²) < 4.78 is 0. The van der Waals surface area contributed by atoms with E-state index in [1.165, 1.54) is 5.57 Å². The topological polar surface area (TPSA) is 0 Å². The second-order valence-corrected chi connectivity index (χ2v) is 2.51. The zero-order valence-corrected chi connectivity index (χ0v) is 7.06. The van der Waals surface area contributed by atoms with E-state index >= 15 is 0 Å². The summed E-state index contributed by atoms with van der Waals surface area (Å²) >= 11 is 0. The Balaban J connectivity index is 3.05. The van der Waals surface area contributed by atoms with Gasteiger partial charge in [0.05, 0.1) is 0 Å². The zero-order valence-electron chi connectivity index (χ0n) is 7.06. The summed E-state index contributed by atoms with van der Waals surface area (Å²) in [6.07, 6.45) is 10.0. The van der Waals surface area contributed by atoms with Gasteiger partial charge in [0, 0.05) is 0 Å². The molecule has 57 valence electrons. The van der Waals surface area contributed by atoms with Crippen LogP contribution in [-0.4, -0.2) is 0 Å². The number of hydrogen-bond acceptors (Lipinski definition) is 0. The Labute approximate surface area is 64.6 Å². The van der Waals surface area contributed by atoms with Crippen molar-refractivity contribution in [1.29, 1.82) is 0 Å². The highest BCUT2D eigenvalue weighted by Gasteiger charge is 1.84. The van der Waals surface area contributed by atoms with Crippen LogP contribution in [0.25, 0.3) is 0 Å². The number of hydrogen-bond donors (Lipinski definition) is 0. The van der Waals surface area contributed by atoms with Crippen LogP contribution in [0.3, 0.4) is 0 Å². The van der Waals surface area contributed by atoms with E-state index in [0.29, 0.717) is 0 Å². The fourth-order valence-corrected chi connectivity index (χ4v) is 0.710. The van der Waals surface area contributed by atoms with Crippen LogP contribution in [0.5, 0.6) is 0 Å². The molecule has 0 aliphatic carbocycles. The summed E-state index contributed by atoms with van der Waals surface area (Å²) in [6, 6.07) is 0. The predicted octanol–water partition coefficient (Wildman–Crippen LogP) is 3.51.